The predicted molar refractivity (Wildman–Crippen MR) is 77.6 cm³/mol. The van der Waals surface area contributed by atoms with E-state index in [0.29, 0.717) is 15.0 Å². The van der Waals surface area contributed by atoms with E-state index in [0.717, 1.165) is 0 Å². The van der Waals surface area contributed by atoms with E-state index < -0.39 is 35.1 Å². The van der Waals surface area contributed by atoms with Crippen LogP contribution in [0.2, 0.25) is 0 Å². The van der Waals surface area contributed by atoms with Crippen molar-refractivity contribution in [3.05, 3.63) is 72.8 Å². The molecule has 23 heavy (non-hydrogen) atoms. The Morgan fingerprint density at radius 2 is 1.17 bits per heavy atom. The van der Waals surface area contributed by atoms with Crippen molar-refractivity contribution in [3.8, 4) is 0 Å². The Balaban J connectivity index is 0.000000277. The van der Waals surface area contributed by atoms with Crippen LogP contribution < -0.4 is 0 Å². The summed E-state index contributed by atoms with van der Waals surface area (Å²) in [5.41, 5.74) is 1.17. The van der Waals surface area contributed by atoms with Crippen LogP contribution in [0, 0.1) is 30.3 Å². The molecule has 0 amide bonds. The van der Waals surface area contributed by atoms with Gasteiger partial charge in [0.1, 0.15) is 0 Å². The molecular weight excluding hydrogens is 312 g/mol. The van der Waals surface area contributed by atoms with Crippen molar-refractivity contribution < 1.29 is 15.1 Å². The number of hydrogen-bond acceptors (Lipinski definition) is 6. The summed E-state index contributed by atoms with van der Waals surface area (Å²) < 4.78 is 0. The molecule has 0 aliphatic carbocycles. The number of hydrogen-bond donors (Lipinski definition) is 0. The van der Waals surface area contributed by atoms with Gasteiger partial charge in [0.15, 0.2) is 15.1 Å². The first-order valence-corrected chi connectivity index (χ1v) is 6.20. The summed E-state index contributed by atoms with van der Waals surface area (Å²) in [6.45, 7) is 1.85. The molecule has 0 unspecified atom stereocenters. The van der Waals surface area contributed by atoms with E-state index in [9.17, 15) is 30.3 Å². The van der Waals surface area contributed by atoms with Crippen molar-refractivity contribution in [2.75, 3.05) is 20.0 Å². The molecule has 1 fully saturated rings. The molecule has 0 saturated carbocycles. The van der Waals surface area contributed by atoms with Crippen molar-refractivity contribution >= 4 is 6.08 Å². The lowest BCUT2D eigenvalue weighted by atomic mass is 10.2. The quantitative estimate of drug-likeness (QED) is 0.577. The molecule has 12 heteroatoms. The second kappa shape index (κ2) is 8.11. The van der Waals surface area contributed by atoms with Gasteiger partial charge in [-0.2, -0.15) is 0 Å². The second-order valence-corrected chi connectivity index (χ2v) is 4.27. The molecule has 1 heterocycles. The molecule has 1 aromatic rings. The fourth-order valence-corrected chi connectivity index (χ4v) is 1.60. The lowest BCUT2D eigenvalue weighted by Gasteiger charge is -2.27. The maximum atomic E-state index is 10.3. The zero-order valence-corrected chi connectivity index (χ0v) is 11.9. The van der Waals surface area contributed by atoms with Gasteiger partial charge in [-0.25, -0.2) is 30.3 Å². The molecule has 124 valence electrons. The van der Waals surface area contributed by atoms with Crippen LogP contribution in [0.15, 0.2) is 36.9 Å². The highest BCUT2D eigenvalue weighted by atomic mass is 16.7. The summed E-state index contributed by atoms with van der Waals surface area (Å²) in [5.74, 6) is 0. The Morgan fingerprint density at radius 3 is 1.39 bits per heavy atom. The van der Waals surface area contributed by atoms with E-state index in [-0.39, 0.29) is 0 Å². The number of benzene rings is 1. The van der Waals surface area contributed by atoms with Crippen LogP contribution in [0.25, 0.3) is 6.08 Å². The molecular formula is C11H14N6O6. The molecule has 1 aromatic carbocycles. The maximum Gasteiger partial charge on any atom is 0.212 e. The minimum absolute atomic E-state index is 0.370. The molecule has 2 rings (SSSR count). The Bertz CT molecular complexity index is 528. The van der Waals surface area contributed by atoms with Gasteiger partial charge in [0, 0.05) is 0 Å². The first kappa shape index (κ1) is 17.6. The van der Waals surface area contributed by atoms with Crippen LogP contribution in [-0.2, 0) is 0 Å². The molecule has 0 atom stereocenters. The number of nitrogens with zero attached hydrogens (tertiary/aromatic N) is 6. The molecule has 1 aliphatic rings. The third-order valence-electron chi connectivity index (χ3n) is 2.71. The normalized spacial score (nSPS) is 13.7. The first-order chi connectivity index (χ1) is 10.8. The summed E-state index contributed by atoms with van der Waals surface area (Å²) in [7, 11) is 0. The van der Waals surface area contributed by atoms with Gasteiger partial charge in [0.25, 0.3) is 0 Å². The van der Waals surface area contributed by atoms with Crippen LogP contribution in [0.3, 0.4) is 0 Å². The fraction of sp³-hybridized carbons (Fsp3) is 0.273. The van der Waals surface area contributed by atoms with Gasteiger partial charge in [0.2, 0.25) is 20.0 Å². The summed E-state index contributed by atoms with van der Waals surface area (Å²) in [6.07, 6.45) is 1.83. The summed E-state index contributed by atoms with van der Waals surface area (Å²) in [6, 6.07) is 10.0. The Morgan fingerprint density at radius 1 is 0.826 bits per heavy atom. The Labute approximate surface area is 130 Å². The van der Waals surface area contributed by atoms with Crippen molar-refractivity contribution in [1.82, 2.24) is 15.0 Å². The smallest absolute Gasteiger partial charge is 0.212 e. The van der Waals surface area contributed by atoms with Gasteiger partial charge < -0.3 is 0 Å². The molecule has 0 aromatic heterocycles. The average molecular weight is 326 g/mol. The minimum atomic E-state index is -0.924. The van der Waals surface area contributed by atoms with E-state index in [1.54, 1.807) is 0 Å². The van der Waals surface area contributed by atoms with E-state index in [4.69, 9.17) is 0 Å². The second-order valence-electron chi connectivity index (χ2n) is 4.27. The highest BCUT2D eigenvalue weighted by Gasteiger charge is 2.39. The van der Waals surface area contributed by atoms with Gasteiger partial charge in [-0.1, -0.05) is 58.0 Å². The molecule has 0 spiro atoms. The van der Waals surface area contributed by atoms with Crippen molar-refractivity contribution in [2.24, 2.45) is 0 Å². The fourth-order valence-electron chi connectivity index (χ4n) is 1.60. The topological polar surface area (TPSA) is 139 Å². The summed E-state index contributed by atoms with van der Waals surface area (Å²) in [4.78, 5) is 31.0. The van der Waals surface area contributed by atoms with Crippen molar-refractivity contribution in [3.63, 3.8) is 0 Å². The molecule has 0 radical (unpaired) electrons. The standard InChI is InChI=1S/C8H8.C3H6N6O6/c1-2-8-6-4-3-5-7-8;10-7(11)4-1-5(8(12)13)3-6(2-4)9(14)15/h2-7H,1H2;1-3H2. The Kier molecular flexibility index (Phi) is 6.21. The van der Waals surface area contributed by atoms with E-state index in [1.807, 2.05) is 36.4 Å². The van der Waals surface area contributed by atoms with Crippen LogP contribution in [-0.4, -0.2) is 50.1 Å². The molecule has 1 saturated heterocycles. The zero-order valence-electron chi connectivity index (χ0n) is 11.9. The van der Waals surface area contributed by atoms with Crippen LogP contribution in [0.1, 0.15) is 5.56 Å². The average Bonchev–Trinajstić information content (AvgIpc) is 2.55. The summed E-state index contributed by atoms with van der Waals surface area (Å²) >= 11 is 0. The van der Waals surface area contributed by atoms with Gasteiger partial charge in [-0.05, 0) is 5.56 Å². The van der Waals surface area contributed by atoms with Crippen LogP contribution in [0.5, 0.6) is 0 Å². The van der Waals surface area contributed by atoms with E-state index in [2.05, 4.69) is 6.58 Å². The van der Waals surface area contributed by atoms with Gasteiger partial charge in [-0.3, -0.25) is 0 Å². The van der Waals surface area contributed by atoms with Gasteiger partial charge in [-0.15, -0.1) is 0 Å². The third-order valence-corrected chi connectivity index (χ3v) is 2.71. The SMILES string of the molecule is C=Cc1ccccc1.O=[N+]([O-])N1CN([N+](=O)[O-])CN([N+](=O)[O-])C1. The van der Waals surface area contributed by atoms with Crippen molar-refractivity contribution in [1.29, 1.82) is 0 Å². The predicted octanol–water partition coefficient (Wildman–Crippen LogP) is 0.683. The summed E-state index contributed by atoms with van der Waals surface area (Å²) in [5, 5.41) is 29.3. The van der Waals surface area contributed by atoms with Crippen molar-refractivity contribution in [2.45, 2.75) is 0 Å². The monoisotopic (exact) mass is 326 g/mol. The van der Waals surface area contributed by atoms with Gasteiger partial charge in [0.05, 0.1) is 0 Å². The molecule has 0 N–H and O–H groups in total. The first-order valence-electron chi connectivity index (χ1n) is 6.20. The molecule has 1 aliphatic heterocycles. The number of rotatable bonds is 4. The van der Waals surface area contributed by atoms with E-state index >= 15 is 0 Å². The largest absolute Gasteiger partial charge is 0.235 e. The third kappa shape index (κ3) is 5.45. The molecule has 0 bridgehead atoms. The van der Waals surface area contributed by atoms with Gasteiger partial charge >= 0.3 is 0 Å². The highest BCUT2D eigenvalue weighted by Crippen LogP contribution is 2.07. The lowest BCUT2D eigenvalue weighted by molar-refractivity contribution is -0.775. The minimum Gasteiger partial charge on any atom is -0.235 e. The van der Waals surface area contributed by atoms with Crippen LogP contribution >= 0.6 is 0 Å². The Hall–Kier alpha value is -3.44. The van der Waals surface area contributed by atoms with E-state index in [1.165, 1.54) is 5.56 Å². The van der Waals surface area contributed by atoms with Crippen LogP contribution in [0.4, 0.5) is 0 Å². The lowest BCUT2D eigenvalue weighted by Crippen LogP contribution is -2.59. The molecule has 12 nitrogen and oxygen atoms in total. The maximum absolute atomic E-state index is 10.3. The number of hydrazine groups is 3. The zero-order chi connectivity index (χ0) is 17.4. The highest BCUT2D eigenvalue weighted by molar-refractivity contribution is 5.45. The number of nitro groups is 3.